The number of carbonyl (C=O) groups is 1. The first kappa shape index (κ1) is 11.3. The second kappa shape index (κ2) is 3.37. The maximum Gasteiger partial charge on any atom is 0.410 e. The third-order valence-electron chi connectivity index (χ3n) is 4.26. The summed E-state index contributed by atoms with van der Waals surface area (Å²) >= 11 is 0. The van der Waals surface area contributed by atoms with E-state index in [0.29, 0.717) is 11.8 Å². The van der Waals surface area contributed by atoms with Gasteiger partial charge in [0.25, 0.3) is 0 Å². The van der Waals surface area contributed by atoms with Gasteiger partial charge in [0.1, 0.15) is 11.2 Å². The largest absolute Gasteiger partial charge is 0.444 e. The Labute approximate surface area is 102 Å². The van der Waals surface area contributed by atoms with Crippen molar-refractivity contribution < 1.29 is 14.3 Å². The number of amides is 1. The highest BCUT2D eigenvalue weighted by atomic mass is 16.6. The molecule has 2 aliphatic heterocycles. The van der Waals surface area contributed by atoms with Crippen molar-refractivity contribution in [3.8, 4) is 0 Å². The normalized spacial score (nSPS) is 39.6. The summed E-state index contributed by atoms with van der Waals surface area (Å²) in [4.78, 5) is 13.9. The number of ether oxygens (including phenoxy) is 2. The third-order valence-corrected chi connectivity index (χ3v) is 4.26. The van der Waals surface area contributed by atoms with Gasteiger partial charge in [0, 0.05) is 24.9 Å². The molecule has 0 aromatic rings. The fraction of sp³-hybridized carbons (Fsp3) is 0.923. The van der Waals surface area contributed by atoms with Gasteiger partial charge >= 0.3 is 6.09 Å². The molecule has 2 heterocycles. The number of nitrogens with zero attached hydrogens (tertiary/aromatic N) is 1. The summed E-state index contributed by atoms with van der Waals surface area (Å²) in [6.07, 6.45) is 2.23. The molecule has 1 spiro atoms. The smallest absolute Gasteiger partial charge is 0.410 e. The van der Waals surface area contributed by atoms with Gasteiger partial charge in [-0.05, 0) is 33.6 Å². The molecular formula is C13H21NO3. The first-order chi connectivity index (χ1) is 7.91. The van der Waals surface area contributed by atoms with Crippen LogP contribution >= 0.6 is 0 Å². The van der Waals surface area contributed by atoms with Gasteiger partial charge in [0.2, 0.25) is 0 Å². The van der Waals surface area contributed by atoms with E-state index in [9.17, 15) is 4.79 Å². The Morgan fingerprint density at radius 1 is 1.29 bits per heavy atom. The SMILES string of the molecule is CC(C)(C)OC(=O)N1C[C@H]2CC[C@@H](C1)C21CO1. The van der Waals surface area contributed by atoms with Gasteiger partial charge in [-0.3, -0.25) is 0 Å². The minimum absolute atomic E-state index is 0.151. The molecule has 2 saturated heterocycles. The van der Waals surface area contributed by atoms with E-state index in [1.807, 2.05) is 25.7 Å². The van der Waals surface area contributed by atoms with Crippen LogP contribution in [0.3, 0.4) is 0 Å². The number of hydrogen-bond donors (Lipinski definition) is 0. The molecule has 96 valence electrons. The molecule has 2 bridgehead atoms. The molecule has 3 rings (SSSR count). The maximum absolute atomic E-state index is 12.0. The van der Waals surface area contributed by atoms with Gasteiger partial charge in [-0.2, -0.15) is 0 Å². The Bertz CT molecular complexity index is 327. The van der Waals surface area contributed by atoms with Crippen molar-refractivity contribution in [3.63, 3.8) is 0 Å². The summed E-state index contributed by atoms with van der Waals surface area (Å²) in [6.45, 7) is 8.26. The van der Waals surface area contributed by atoms with Crippen molar-refractivity contribution >= 4 is 6.09 Å². The maximum atomic E-state index is 12.0. The van der Waals surface area contributed by atoms with Crippen LogP contribution in [-0.4, -0.2) is 41.9 Å². The lowest BCUT2D eigenvalue weighted by atomic mass is 9.85. The van der Waals surface area contributed by atoms with E-state index in [0.717, 1.165) is 19.7 Å². The second-order valence-corrected chi connectivity index (χ2v) is 6.60. The van der Waals surface area contributed by atoms with Gasteiger partial charge in [-0.1, -0.05) is 0 Å². The van der Waals surface area contributed by atoms with E-state index in [-0.39, 0.29) is 11.7 Å². The van der Waals surface area contributed by atoms with Gasteiger partial charge in [0.05, 0.1) is 6.61 Å². The minimum atomic E-state index is -0.401. The Balaban J connectivity index is 1.66. The zero-order chi connectivity index (χ0) is 12.3. The zero-order valence-corrected chi connectivity index (χ0v) is 10.9. The molecule has 4 heteroatoms. The molecule has 3 atom stereocenters. The van der Waals surface area contributed by atoms with Crippen LogP contribution < -0.4 is 0 Å². The standard InChI is InChI=1S/C13H21NO3/c1-12(2,3)17-11(15)14-6-9-4-5-10(7-14)13(9)8-16-13/h9-10H,4-8H2,1-3H3/t9-,10+,13?. The molecule has 4 nitrogen and oxygen atoms in total. The van der Waals surface area contributed by atoms with Crippen LogP contribution in [0.25, 0.3) is 0 Å². The van der Waals surface area contributed by atoms with Crippen LogP contribution in [-0.2, 0) is 9.47 Å². The van der Waals surface area contributed by atoms with Crippen LogP contribution in [0.4, 0.5) is 4.79 Å². The summed E-state index contributed by atoms with van der Waals surface area (Å²) in [5.74, 6) is 1.07. The van der Waals surface area contributed by atoms with E-state index in [1.54, 1.807) is 0 Å². The minimum Gasteiger partial charge on any atom is -0.444 e. The van der Waals surface area contributed by atoms with E-state index in [2.05, 4.69) is 0 Å². The monoisotopic (exact) mass is 239 g/mol. The number of likely N-dealkylation sites (tertiary alicyclic amines) is 1. The van der Waals surface area contributed by atoms with Crippen molar-refractivity contribution in [2.75, 3.05) is 19.7 Å². The summed E-state index contributed by atoms with van der Waals surface area (Å²) in [6, 6.07) is 0. The van der Waals surface area contributed by atoms with Crippen LogP contribution in [0.5, 0.6) is 0 Å². The summed E-state index contributed by atoms with van der Waals surface area (Å²) in [5, 5.41) is 0. The molecule has 1 unspecified atom stereocenters. The number of hydrogen-bond acceptors (Lipinski definition) is 3. The lowest BCUT2D eigenvalue weighted by Crippen LogP contribution is -2.50. The van der Waals surface area contributed by atoms with Crippen molar-refractivity contribution in [2.24, 2.45) is 11.8 Å². The average molecular weight is 239 g/mol. The number of piperidine rings is 1. The molecule has 0 aromatic heterocycles. The summed E-state index contributed by atoms with van der Waals surface area (Å²) < 4.78 is 11.1. The van der Waals surface area contributed by atoms with Gasteiger partial charge in [-0.25, -0.2) is 4.79 Å². The van der Waals surface area contributed by atoms with Crippen molar-refractivity contribution in [1.29, 1.82) is 0 Å². The molecule has 1 aliphatic carbocycles. The lowest BCUT2D eigenvalue weighted by Gasteiger charge is -2.37. The summed E-state index contributed by atoms with van der Waals surface area (Å²) in [7, 11) is 0. The topological polar surface area (TPSA) is 42.1 Å². The van der Waals surface area contributed by atoms with Crippen LogP contribution in [0.2, 0.25) is 0 Å². The van der Waals surface area contributed by atoms with Crippen LogP contribution in [0.1, 0.15) is 33.6 Å². The highest BCUT2D eigenvalue weighted by molar-refractivity contribution is 5.68. The quantitative estimate of drug-likeness (QED) is 0.607. The molecular weight excluding hydrogens is 218 g/mol. The molecule has 0 aromatic carbocycles. The average Bonchev–Trinajstić information content (AvgIpc) is 2.89. The van der Waals surface area contributed by atoms with Crippen LogP contribution in [0.15, 0.2) is 0 Å². The van der Waals surface area contributed by atoms with Crippen molar-refractivity contribution in [3.05, 3.63) is 0 Å². The van der Waals surface area contributed by atoms with E-state index in [4.69, 9.17) is 9.47 Å². The first-order valence-corrected chi connectivity index (χ1v) is 6.53. The fourth-order valence-corrected chi connectivity index (χ4v) is 3.35. The third kappa shape index (κ3) is 1.82. The van der Waals surface area contributed by atoms with E-state index in [1.165, 1.54) is 12.8 Å². The molecule has 1 saturated carbocycles. The molecule has 0 radical (unpaired) electrons. The van der Waals surface area contributed by atoms with Crippen molar-refractivity contribution in [1.82, 2.24) is 4.90 Å². The Morgan fingerprint density at radius 2 is 1.82 bits per heavy atom. The first-order valence-electron chi connectivity index (χ1n) is 6.53. The molecule has 3 fully saturated rings. The zero-order valence-electron chi connectivity index (χ0n) is 10.9. The van der Waals surface area contributed by atoms with Gasteiger partial charge in [-0.15, -0.1) is 0 Å². The van der Waals surface area contributed by atoms with Crippen molar-refractivity contribution in [2.45, 2.75) is 44.8 Å². The molecule has 17 heavy (non-hydrogen) atoms. The number of rotatable bonds is 0. The predicted octanol–water partition coefficient (Wildman–Crippen LogP) is 2.03. The van der Waals surface area contributed by atoms with Gasteiger partial charge in [0.15, 0.2) is 0 Å². The van der Waals surface area contributed by atoms with E-state index >= 15 is 0 Å². The molecule has 0 N–H and O–H groups in total. The molecule has 3 aliphatic rings. The van der Waals surface area contributed by atoms with Gasteiger partial charge < -0.3 is 14.4 Å². The predicted molar refractivity (Wildman–Crippen MR) is 62.7 cm³/mol. The highest BCUT2D eigenvalue weighted by Gasteiger charge is 2.63. The lowest BCUT2D eigenvalue weighted by molar-refractivity contribution is 0.00319. The molecule has 1 amide bonds. The highest BCUT2D eigenvalue weighted by Crippen LogP contribution is 2.54. The summed E-state index contributed by atoms with van der Waals surface area (Å²) in [5.41, 5.74) is -0.250. The Kier molecular flexibility index (Phi) is 2.25. The Morgan fingerprint density at radius 3 is 2.24 bits per heavy atom. The van der Waals surface area contributed by atoms with Crippen LogP contribution in [0, 0.1) is 11.8 Å². The number of epoxide rings is 1. The number of carbonyl (C=O) groups excluding carboxylic acids is 1. The second-order valence-electron chi connectivity index (χ2n) is 6.60. The Hall–Kier alpha value is -0.770. The van der Waals surface area contributed by atoms with E-state index < -0.39 is 5.60 Å². The fourth-order valence-electron chi connectivity index (χ4n) is 3.35.